The highest BCUT2D eigenvalue weighted by Gasteiger charge is 2.20. The van der Waals surface area contributed by atoms with Crippen molar-refractivity contribution < 1.29 is 19.2 Å². The first-order valence-corrected chi connectivity index (χ1v) is 11.6. The lowest BCUT2D eigenvalue weighted by Crippen LogP contribution is -2.39. The topological polar surface area (TPSA) is 92.3 Å². The van der Waals surface area contributed by atoms with Crippen LogP contribution in [0, 0.1) is 0 Å². The van der Waals surface area contributed by atoms with E-state index >= 15 is 0 Å². The Labute approximate surface area is 215 Å². The molecule has 8 nitrogen and oxygen atoms in total. The van der Waals surface area contributed by atoms with Crippen LogP contribution in [0.4, 0.5) is 26.7 Å². The van der Waals surface area contributed by atoms with Crippen molar-refractivity contribution in [3.05, 3.63) is 121 Å². The third-order valence-corrected chi connectivity index (χ3v) is 5.33. The number of urea groups is 1. The predicted octanol–water partition coefficient (Wildman–Crippen LogP) is 6.39. The summed E-state index contributed by atoms with van der Waals surface area (Å²) in [5, 5.41) is 9.67. The minimum absolute atomic E-state index is 0.0215. The Morgan fingerprint density at radius 1 is 0.730 bits per heavy atom. The van der Waals surface area contributed by atoms with E-state index in [2.05, 4.69) is 15.8 Å². The highest BCUT2D eigenvalue weighted by Crippen LogP contribution is 2.21. The average molecular weight is 495 g/mol. The highest BCUT2D eigenvalue weighted by atomic mass is 16.7. The summed E-state index contributed by atoms with van der Waals surface area (Å²) in [4.78, 5) is 32.5. The van der Waals surface area contributed by atoms with Crippen LogP contribution in [0.5, 0.6) is 5.75 Å². The fraction of sp³-hybridized carbons (Fsp3) is 0.0690. The molecule has 0 saturated carbocycles. The number of nitrogens with zero attached hydrogens (tertiary/aromatic N) is 2. The molecule has 0 saturated heterocycles. The molecule has 0 aliphatic heterocycles. The SMILES string of the molecule is COc1ccc(N(C/C(=N/OC(=O)Nc2ccccc2)c2ccccc2)C(=O)Nc2ccccc2)cc1. The third kappa shape index (κ3) is 7.19. The van der Waals surface area contributed by atoms with Gasteiger partial charge >= 0.3 is 12.1 Å². The Hall–Kier alpha value is -5.11. The van der Waals surface area contributed by atoms with Crippen molar-refractivity contribution in [1.82, 2.24) is 0 Å². The van der Waals surface area contributed by atoms with Gasteiger partial charge < -0.3 is 10.1 Å². The number of carbonyl (C=O) groups is 2. The Morgan fingerprint density at radius 3 is 1.84 bits per heavy atom. The average Bonchev–Trinajstić information content (AvgIpc) is 2.95. The van der Waals surface area contributed by atoms with Crippen molar-refractivity contribution in [1.29, 1.82) is 0 Å². The van der Waals surface area contributed by atoms with Gasteiger partial charge in [-0.2, -0.15) is 0 Å². The van der Waals surface area contributed by atoms with Crippen molar-refractivity contribution in [2.45, 2.75) is 0 Å². The van der Waals surface area contributed by atoms with Crippen molar-refractivity contribution in [2.24, 2.45) is 5.16 Å². The summed E-state index contributed by atoms with van der Waals surface area (Å²) in [5.41, 5.74) is 2.89. The first-order chi connectivity index (χ1) is 18.1. The van der Waals surface area contributed by atoms with E-state index in [9.17, 15) is 9.59 Å². The van der Waals surface area contributed by atoms with Crippen LogP contribution < -0.4 is 20.3 Å². The molecule has 0 fully saturated rings. The molecule has 3 amide bonds. The second-order valence-corrected chi connectivity index (χ2v) is 7.85. The lowest BCUT2D eigenvalue weighted by Gasteiger charge is -2.24. The molecule has 0 aliphatic rings. The molecule has 4 aromatic carbocycles. The molecule has 186 valence electrons. The van der Waals surface area contributed by atoms with E-state index < -0.39 is 6.09 Å². The van der Waals surface area contributed by atoms with Crippen LogP contribution >= 0.6 is 0 Å². The zero-order valence-electron chi connectivity index (χ0n) is 20.2. The van der Waals surface area contributed by atoms with Gasteiger partial charge in [0, 0.05) is 22.6 Å². The Bertz CT molecular complexity index is 1330. The van der Waals surface area contributed by atoms with Gasteiger partial charge in [0.2, 0.25) is 0 Å². The van der Waals surface area contributed by atoms with Crippen molar-refractivity contribution in [2.75, 3.05) is 29.2 Å². The minimum atomic E-state index is -0.746. The predicted molar refractivity (Wildman–Crippen MR) is 145 cm³/mol. The number of oxime groups is 1. The molecule has 0 bridgehead atoms. The molecule has 37 heavy (non-hydrogen) atoms. The molecule has 0 aliphatic carbocycles. The molecular weight excluding hydrogens is 468 g/mol. The maximum Gasteiger partial charge on any atom is 0.437 e. The lowest BCUT2D eigenvalue weighted by atomic mass is 10.1. The van der Waals surface area contributed by atoms with Gasteiger partial charge in [0.05, 0.1) is 13.7 Å². The first kappa shape index (κ1) is 25.0. The van der Waals surface area contributed by atoms with Gasteiger partial charge in [-0.3, -0.25) is 15.1 Å². The van der Waals surface area contributed by atoms with Crippen LogP contribution in [0.25, 0.3) is 0 Å². The van der Waals surface area contributed by atoms with E-state index in [0.29, 0.717) is 34.1 Å². The summed E-state index contributed by atoms with van der Waals surface area (Å²) in [5.74, 6) is 0.657. The van der Waals surface area contributed by atoms with Crippen LogP contribution in [0.1, 0.15) is 5.56 Å². The third-order valence-electron chi connectivity index (χ3n) is 5.33. The Balaban J connectivity index is 1.62. The molecule has 4 aromatic rings. The van der Waals surface area contributed by atoms with Crippen molar-refractivity contribution in [3.63, 3.8) is 0 Å². The number of amides is 3. The van der Waals surface area contributed by atoms with Crippen LogP contribution in [-0.4, -0.2) is 31.5 Å². The fourth-order valence-electron chi connectivity index (χ4n) is 3.47. The summed E-state index contributed by atoms with van der Waals surface area (Å²) < 4.78 is 5.26. The molecule has 0 atom stereocenters. The van der Waals surface area contributed by atoms with Gasteiger partial charge in [0.25, 0.3) is 0 Å². The van der Waals surface area contributed by atoms with E-state index in [1.54, 1.807) is 67.8 Å². The smallest absolute Gasteiger partial charge is 0.437 e. The van der Waals surface area contributed by atoms with Crippen molar-refractivity contribution >= 4 is 34.9 Å². The molecule has 0 radical (unpaired) electrons. The van der Waals surface area contributed by atoms with E-state index in [4.69, 9.17) is 9.57 Å². The maximum absolute atomic E-state index is 13.4. The number of carbonyl (C=O) groups excluding carboxylic acids is 2. The number of methoxy groups -OCH3 is 1. The highest BCUT2D eigenvalue weighted by molar-refractivity contribution is 6.10. The largest absolute Gasteiger partial charge is 0.497 e. The van der Waals surface area contributed by atoms with Crippen LogP contribution in [0.2, 0.25) is 0 Å². The first-order valence-electron chi connectivity index (χ1n) is 11.6. The molecule has 0 unspecified atom stereocenters. The molecular formula is C29H26N4O4. The molecule has 0 spiro atoms. The van der Waals surface area contributed by atoms with E-state index in [0.717, 1.165) is 0 Å². The Kier molecular flexibility index (Phi) is 8.48. The minimum Gasteiger partial charge on any atom is -0.497 e. The van der Waals surface area contributed by atoms with Gasteiger partial charge in [0.15, 0.2) is 0 Å². The molecule has 0 heterocycles. The number of nitrogens with one attached hydrogen (secondary N) is 2. The van der Waals surface area contributed by atoms with E-state index in [1.807, 2.05) is 54.6 Å². The second-order valence-electron chi connectivity index (χ2n) is 7.85. The summed E-state index contributed by atoms with van der Waals surface area (Å²) in [7, 11) is 1.58. The molecule has 8 heteroatoms. The lowest BCUT2D eigenvalue weighted by molar-refractivity contribution is 0.166. The summed E-state index contributed by atoms with van der Waals surface area (Å²) in [6.07, 6.45) is -0.746. The monoisotopic (exact) mass is 494 g/mol. The van der Waals surface area contributed by atoms with Gasteiger partial charge in [-0.05, 0) is 48.5 Å². The summed E-state index contributed by atoms with van der Waals surface area (Å²) >= 11 is 0. The molecule has 2 N–H and O–H groups in total. The maximum atomic E-state index is 13.4. The van der Waals surface area contributed by atoms with E-state index in [-0.39, 0.29) is 12.6 Å². The molecule has 0 aromatic heterocycles. The number of rotatable bonds is 8. The van der Waals surface area contributed by atoms with Gasteiger partial charge in [-0.25, -0.2) is 9.59 Å². The van der Waals surface area contributed by atoms with E-state index in [1.165, 1.54) is 4.90 Å². The standard InChI is InChI=1S/C29H26N4O4/c1-36-26-19-17-25(18-20-26)33(28(34)30-23-13-7-3-8-14-23)21-27(22-11-5-2-6-12-22)32-37-29(35)31-24-15-9-4-10-16-24/h2-20H,21H2,1H3,(H,30,34)(H,31,35)/b32-27-. The van der Waals surface area contributed by atoms with Gasteiger partial charge in [0.1, 0.15) is 11.5 Å². The number of anilines is 3. The van der Waals surface area contributed by atoms with Crippen molar-refractivity contribution in [3.8, 4) is 5.75 Å². The summed E-state index contributed by atoms with van der Waals surface area (Å²) in [6, 6.07) is 34.0. The summed E-state index contributed by atoms with van der Waals surface area (Å²) in [6.45, 7) is 0.0215. The quantitative estimate of drug-likeness (QED) is 0.169. The molecule has 4 rings (SSSR count). The zero-order valence-corrected chi connectivity index (χ0v) is 20.2. The number of benzene rings is 4. The number of para-hydroxylation sites is 2. The number of ether oxygens (including phenoxy) is 1. The van der Waals surface area contributed by atoms with Crippen LogP contribution in [0.15, 0.2) is 120 Å². The van der Waals surface area contributed by atoms with Crippen LogP contribution in [0.3, 0.4) is 0 Å². The second kappa shape index (κ2) is 12.6. The fourth-order valence-corrected chi connectivity index (χ4v) is 3.47. The number of hydrogen-bond acceptors (Lipinski definition) is 5. The van der Waals surface area contributed by atoms with Crippen LogP contribution in [-0.2, 0) is 4.84 Å². The van der Waals surface area contributed by atoms with Gasteiger partial charge in [-0.1, -0.05) is 71.9 Å². The Morgan fingerprint density at radius 2 is 1.27 bits per heavy atom. The number of hydrogen-bond donors (Lipinski definition) is 2. The van der Waals surface area contributed by atoms with Gasteiger partial charge in [-0.15, -0.1) is 0 Å². The normalized spacial score (nSPS) is 10.8. The zero-order chi connectivity index (χ0) is 25.9.